The van der Waals surface area contributed by atoms with E-state index in [0.717, 1.165) is 6.54 Å². The molecule has 0 atom stereocenters. The average molecular weight is 364 g/mol. The number of hydrogen-bond acceptors (Lipinski definition) is 0. The van der Waals surface area contributed by atoms with Crippen LogP contribution in [0.4, 0.5) is 0 Å². The van der Waals surface area contributed by atoms with Crippen LogP contribution in [0.1, 0.15) is 123 Å². The fourth-order valence-electron chi connectivity index (χ4n) is 3.93. The first-order valence-electron chi connectivity index (χ1n) is 11.9. The molecule has 1 heterocycles. The molecule has 2 nitrogen and oxygen atoms in total. The molecule has 0 aliphatic carbocycles. The van der Waals surface area contributed by atoms with Crippen molar-refractivity contribution in [3.05, 3.63) is 18.2 Å². The van der Waals surface area contributed by atoms with E-state index in [2.05, 4.69) is 42.3 Å². The predicted molar refractivity (Wildman–Crippen MR) is 115 cm³/mol. The van der Waals surface area contributed by atoms with Gasteiger partial charge in [-0.3, -0.25) is 0 Å². The molecule has 0 unspecified atom stereocenters. The molecule has 0 aromatic carbocycles. The Labute approximate surface area is 164 Å². The molecule has 0 radical (unpaired) electrons. The summed E-state index contributed by atoms with van der Waals surface area (Å²) in [5.41, 5.74) is 0. The van der Waals surface area contributed by atoms with Crippen molar-refractivity contribution in [2.45, 2.75) is 137 Å². The number of nitrogens with zero attached hydrogens (tertiary/aromatic N) is 2. The highest BCUT2D eigenvalue weighted by Crippen LogP contribution is 2.13. The van der Waals surface area contributed by atoms with E-state index in [0.29, 0.717) is 0 Å². The third-order valence-corrected chi connectivity index (χ3v) is 5.69. The molecule has 1 aromatic heterocycles. The summed E-state index contributed by atoms with van der Waals surface area (Å²) in [6.45, 7) is 9.17. The van der Waals surface area contributed by atoms with Crippen LogP contribution in [0, 0.1) is 0 Å². The van der Waals surface area contributed by atoms with Gasteiger partial charge in [-0.25, -0.2) is 9.13 Å². The summed E-state index contributed by atoms with van der Waals surface area (Å²) in [5, 5.41) is 0. The summed E-state index contributed by atoms with van der Waals surface area (Å²) in [6, 6.07) is 0. The van der Waals surface area contributed by atoms with Crippen molar-refractivity contribution in [2.24, 2.45) is 0 Å². The van der Waals surface area contributed by atoms with Gasteiger partial charge in [-0.1, -0.05) is 90.9 Å². The molecule has 26 heavy (non-hydrogen) atoms. The fourth-order valence-corrected chi connectivity index (χ4v) is 3.93. The van der Waals surface area contributed by atoms with E-state index >= 15 is 0 Å². The number of imidazole rings is 1. The average Bonchev–Trinajstić information content (AvgIpc) is 3.05. The Balaban J connectivity index is 2.06. The SMILES string of the molecule is CCCCCCCCCCCCCCn1cc[n+](CC)c1CCCCC. The molecule has 1 aromatic rings. The Hall–Kier alpha value is -0.790. The van der Waals surface area contributed by atoms with Gasteiger partial charge < -0.3 is 0 Å². The summed E-state index contributed by atoms with van der Waals surface area (Å²) >= 11 is 0. The van der Waals surface area contributed by atoms with E-state index in [1.807, 2.05) is 0 Å². The number of aromatic nitrogens is 2. The Morgan fingerprint density at radius 2 is 1.15 bits per heavy atom. The van der Waals surface area contributed by atoms with E-state index in [9.17, 15) is 0 Å². The molecule has 0 N–H and O–H groups in total. The van der Waals surface area contributed by atoms with Crippen molar-refractivity contribution < 1.29 is 4.57 Å². The third-order valence-electron chi connectivity index (χ3n) is 5.69. The Kier molecular flexibility index (Phi) is 14.7. The summed E-state index contributed by atoms with van der Waals surface area (Å²) in [4.78, 5) is 0. The lowest BCUT2D eigenvalue weighted by Crippen LogP contribution is -2.36. The van der Waals surface area contributed by atoms with Crippen molar-refractivity contribution in [3.63, 3.8) is 0 Å². The molecular formula is C24H47N2+. The number of aryl methyl sites for hydroxylation is 2. The van der Waals surface area contributed by atoms with Gasteiger partial charge in [0.25, 0.3) is 5.82 Å². The molecule has 0 saturated heterocycles. The van der Waals surface area contributed by atoms with E-state index in [1.54, 1.807) is 5.82 Å². The highest BCUT2D eigenvalue weighted by molar-refractivity contribution is 4.84. The maximum absolute atomic E-state index is 2.52. The van der Waals surface area contributed by atoms with Crippen molar-refractivity contribution in [2.75, 3.05) is 0 Å². The molecule has 0 fully saturated rings. The van der Waals surface area contributed by atoms with Gasteiger partial charge in [-0.2, -0.15) is 0 Å². The highest BCUT2D eigenvalue weighted by Gasteiger charge is 2.14. The highest BCUT2D eigenvalue weighted by atomic mass is 15.1. The standard InChI is InChI=1S/C24H47N2/c1-4-7-9-10-11-12-13-14-15-16-17-19-21-26-23-22-25(6-3)24(26)20-18-8-5-2/h22-23H,4-21H2,1-3H3/q+1. The van der Waals surface area contributed by atoms with E-state index in [1.165, 1.54) is 109 Å². The summed E-state index contributed by atoms with van der Waals surface area (Å²) in [6.07, 6.45) is 27.0. The second-order valence-electron chi connectivity index (χ2n) is 8.04. The minimum Gasteiger partial charge on any atom is -0.235 e. The van der Waals surface area contributed by atoms with Gasteiger partial charge in [-0.05, 0) is 26.2 Å². The van der Waals surface area contributed by atoms with Crippen molar-refractivity contribution in [1.29, 1.82) is 0 Å². The molecule has 0 amide bonds. The third kappa shape index (κ3) is 10.4. The maximum atomic E-state index is 2.52. The molecule has 0 aliphatic rings. The molecule has 0 saturated carbocycles. The number of rotatable bonds is 18. The van der Waals surface area contributed by atoms with Crippen LogP contribution in [-0.4, -0.2) is 4.57 Å². The summed E-state index contributed by atoms with van der Waals surface area (Å²) in [5.74, 6) is 1.55. The summed E-state index contributed by atoms with van der Waals surface area (Å²) < 4.78 is 4.96. The van der Waals surface area contributed by atoms with Gasteiger partial charge in [0.15, 0.2) is 0 Å². The van der Waals surface area contributed by atoms with Crippen LogP contribution in [0.3, 0.4) is 0 Å². The zero-order chi connectivity index (χ0) is 18.9. The van der Waals surface area contributed by atoms with E-state index < -0.39 is 0 Å². The molecule has 0 spiro atoms. The largest absolute Gasteiger partial charge is 0.256 e. The van der Waals surface area contributed by atoms with Crippen LogP contribution in [0.2, 0.25) is 0 Å². The minimum atomic E-state index is 1.10. The van der Waals surface area contributed by atoms with Gasteiger partial charge in [0.1, 0.15) is 12.4 Å². The van der Waals surface area contributed by atoms with Crippen LogP contribution in [0.15, 0.2) is 12.4 Å². The van der Waals surface area contributed by atoms with Crippen molar-refractivity contribution in [3.8, 4) is 0 Å². The van der Waals surface area contributed by atoms with Gasteiger partial charge in [0.05, 0.1) is 13.1 Å². The lowest BCUT2D eigenvalue weighted by molar-refractivity contribution is -0.700. The van der Waals surface area contributed by atoms with Crippen LogP contribution in [0.25, 0.3) is 0 Å². The Bertz CT molecular complexity index is 422. The topological polar surface area (TPSA) is 8.81 Å². The smallest absolute Gasteiger partial charge is 0.235 e. The molecule has 0 bridgehead atoms. The quantitative estimate of drug-likeness (QED) is 0.192. The van der Waals surface area contributed by atoms with Crippen LogP contribution >= 0.6 is 0 Å². The molecule has 0 aliphatic heterocycles. The second-order valence-corrected chi connectivity index (χ2v) is 8.04. The molecule has 152 valence electrons. The zero-order valence-corrected chi connectivity index (χ0v) is 18.3. The first-order valence-corrected chi connectivity index (χ1v) is 11.9. The number of hydrogen-bond donors (Lipinski definition) is 0. The minimum absolute atomic E-state index is 1.10. The van der Waals surface area contributed by atoms with Gasteiger partial charge in [0.2, 0.25) is 0 Å². The Morgan fingerprint density at radius 3 is 1.69 bits per heavy atom. The van der Waals surface area contributed by atoms with Crippen LogP contribution in [0.5, 0.6) is 0 Å². The van der Waals surface area contributed by atoms with Crippen LogP contribution in [-0.2, 0) is 19.5 Å². The normalized spacial score (nSPS) is 11.3. The Morgan fingerprint density at radius 1 is 0.654 bits per heavy atom. The first-order chi connectivity index (χ1) is 12.8. The van der Waals surface area contributed by atoms with Crippen molar-refractivity contribution >= 4 is 0 Å². The van der Waals surface area contributed by atoms with Crippen LogP contribution < -0.4 is 4.57 Å². The van der Waals surface area contributed by atoms with Gasteiger partial charge in [0, 0.05) is 6.42 Å². The van der Waals surface area contributed by atoms with Gasteiger partial charge >= 0.3 is 0 Å². The second kappa shape index (κ2) is 16.4. The molecule has 2 heteroatoms. The van der Waals surface area contributed by atoms with Crippen molar-refractivity contribution in [1.82, 2.24) is 4.57 Å². The zero-order valence-electron chi connectivity index (χ0n) is 18.3. The fraction of sp³-hybridized carbons (Fsp3) is 0.875. The predicted octanol–water partition coefficient (Wildman–Crippen LogP) is 7.23. The van der Waals surface area contributed by atoms with E-state index in [-0.39, 0.29) is 0 Å². The number of unbranched alkanes of at least 4 members (excludes halogenated alkanes) is 13. The first kappa shape index (κ1) is 23.2. The van der Waals surface area contributed by atoms with E-state index in [4.69, 9.17) is 0 Å². The molecule has 1 rings (SSSR count). The lowest BCUT2D eigenvalue weighted by Gasteiger charge is -2.05. The maximum Gasteiger partial charge on any atom is 0.256 e. The summed E-state index contributed by atoms with van der Waals surface area (Å²) in [7, 11) is 0. The lowest BCUT2D eigenvalue weighted by atomic mass is 10.1. The van der Waals surface area contributed by atoms with Gasteiger partial charge in [-0.15, -0.1) is 0 Å². The molecular weight excluding hydrogens is 316 g/mol. The monoisotopic (exact) mass is 363 g/mol.